The molecule has 0 aromatic heterocycles. The smallest absolute Gasteiger partial charge is 0.0602 e. The van der Waals surface area contributed by atoms with Crippen LogP contribution in [0.25, 0.3) is 0 Å². The number of hydrogen-bond donors (Lipinski definition) is 2. The summed E-state index contributed by atoms with van der Waals surface area (Å²) in [6, 6.07) is 9.26. The van der Waals surface area contributed by atoms with Crippen molar-refractivity contribution in [3.63, 3.8) is 0 Å². The maximum absolute atomic E-state index is 9.29. The Morgan fingerprint density at radius 3 is 2.52 bits per heavy atom. The van der Waals surface area contributed by atoms with Crippen molar-refractivity contribution in [2.75, 3.05) is 29.9 Å². The Labute approximate surface area is 128 Å². The van der Waals surface area contributed by atoms with E-state index < -0.39 is 0 Å². The van der Waals surface area contributed by atoms with Crippen LogP contribution in [0.1, 0.15) is 39.0 Å². The van der Waals surface area contributed by atoms with E-state index >= 15 is 0 Å². The number of para-hydroxylation sites is 2. The summed E-state index contributed by atoms with van der Waals surface area (Å²) in [5.41, 5.74) is 2.61. The average Bonchev–Trinajstić information content (AvgIpc) is 2.46. The van der Waals surface area contributed by atoms with E-state index in [1.54, 1.807) is 0 Å². The van der Waals surface area contributed by atoms with Gasteiger partial charge in [-0.3, -0.25) is 0 Å². The molecule has 1 saturated heterocycles. The average molecular weight is 288 g/mol. The molecule has 1 heterocycles. The fourth-order valence-electron chi connectivity index (χ4n) is 3.53. The summed E-state index contributed by atoms with van der Waals surface area (Å²) >= 11 is 0. The molecule has 0 unspecified atom stereocenters. The number of anilines is 2. The van der Waals surface area contributed by atoms with Gasteiger partial charge in [-0.2, -0.15) is 0 Å². The molecule has 116 valence electrons. The lowest BCUT2D eigenvalue weighted by atomic mass is 9.80. The highest BCUT2D eigenvalue weighted by Crippen LogP contribution is 2.34. The number of aliphatic hydroxyl groups excluding tert-OH is 1. The summed E-state index contributed by atoms with van der Waals surface area (Å²) < 4.78 is 0. The number of rotatable bonds is 5. The third-order valence-corrected chi connectivity index (χ3v) is 5.36. The van der Waals surface area contributed by atoms with Gasteiger partial charge < -0.3 is 15.3 Å². The number of nitrogens with zero attached hydrogens (tertiary/aromatic N) is 1. The summed E-state index contributed by atoms with van der Waals surface area (Å²) in [6.07, 6.45) is 6.34. The summed E-state index contributed by atoms with van der Waals surface area (Å²) in [4.78, 5) is 2.47. The van der Waals surface area contributed by atoms with Crippen LogP contribution in [0.5, 0.6) is 0 Å². The Morgan fingerprint density at radius 1 is 1.19 bits per heavy atom. The molecule has 1 aliphatic carbocycles. The largest absolute Gasteiger partial charge is 0.396 e. The van der Waals surface area contributed by atoms with Crippen molar-refractivity contribution in [1.29, 1.82) is 0 Å². The van der Waals surface area contributed by atoms with E-state index in [9.17, 15) is 5.11 Å². The Kier molecular flexibility index (Phi) is 4.69. The topological polar surface area (TPSA) is 35.5 Å². The van der Waals surface area contributed by atoms with Crippen LogP contribution < -0.4 is 10.2 Å². The van der Waals surface area contributed by atoms with E-state index in [0.29, 0.717) is 18.6 Å². The normalized spacial score (nSPS) is 21.9. The quantitative estimate of drug-likeness (QED) is 0.870. The van der Waals surface area contributed by atoms with Gasteiger partial charge in [0, 0.05) is 25.7 Å². The molecule has 2 fully saturated rings. The molecule has 0 radical (unpaired) electrons. The fourth-order valence-corrected chi connectivity index (χ4v) is 3.53. The zero-order chi connectivity index (χ0) is 14.7. The van der Waals surface area contributed by atoms with Gasteiger partial charge in [0.25, 0.3) is 0 Å². The van der Waals surface area contributed by atoms with Crippen molar-refractivity contribution in [2.24, 2.45) is 11.8 Å². The zero-order valence-electron chi connectivity index (χ0n) is 13.1. The van der Waals surface area contributed by atoms with E-state index in [1.807, 2.05) is 0 Å². The standard InChI is InChI=1S/C18H28N2O/c1-14(16-5-4-6-16)19-17-7-2-3-8-18(17)20-11-9-15(13-21)10-12-20/h2-3,7-8,14-16,19,21H,4-6,9-13H2,1H3/t14-/m1/s1. The van der Waals surface area contributed by atoms with Crippen LogP contribution in [0.15, 0.2) is 24.3 Å². The minimum absolute atomic E-state index is 0.340. The van der Waals surface area contributed by atoms with Crippen molar-refractivity contribution in [1.82, 2.24) is 0 Å². The lowest BCUT2D eigenvalue weighted by molar-refractivity contribution is 0.203. The molecular weight excluding hydrogens is 260 g/mol. The molecule has 0 spiro atoms. The predicted octanol–water partition coefficient (Wildman–Crippen LogP) is 3.50. The highest BCUT2D eigenvalue weighted by molar-refractivity contribution is 5.70. The van der Waals surface area contributed by atoms with E-state index in [4.69, 9.17) is 0 Å². The van der Waals surface area contributed by atoms with Gasteiger partial charge in [-0.05, 0) is 56.6 Å². The van der Waals surface area contributed by atoms with Crippen molar-refractivity contribution in [3.05, 3.63) is 24.3 Å². The Hall–Kier alpha value is -1.22. The van der Waals surface area contributed by atoms with E-state index in [1.165, 1.54) is 30.6 Å². The predicted molar refractivity (Wildman–Crippen MR) is 88.9 cm³/mol. The fraction of sp³-hybridized carbons (Fsp3) is 0.667. The first-order valence-corrected chi connectivity index (χ1v) is 8.49. The maximum Gasteiger partial charge on any atom is 0.0602 e. The van der Waals surface area contributed by atoms with Gasteiger partial charge in [-0.15, -0.1) is 0 Å². The number of aliphatic hydroxyl groups is 1. The van der Waals surface area contributed by atoms with Crippen LogP contribution in [0.2, 0.25) is 0 Å². The van der Waals surface area contributed by atoms with Crippen molar-refractivity contribution in [2.45, 2.75) is 45.1 Å². The second kappa shape index (κ2) is 6.69. The van der Waals surface area contributed by atoms with Gasteiger partial charge in [0.1, 0.15) is 0 Å². The summed E-state index contributed by atoms with van der Waals surface area (Å²) in [6.45, 7) is 4.77. The minimum Gasteiger partial charge on any atom is -0.396 e. The monoisotopic (exact) mass is 288 g/mol. The molecule has 0 amide bonds. The van der Waals surface area contributed by atoms with Gasteiger partial charge in [0.05, 0.1) is 11.4 Å². The van der Waals surface area contributed by atoms with E-state index in [0.717, 1.165) is 31.8 Å². The molecule has 3 heteroatoms. The second-order valence-corrected chi connectivity index (χ2v) is 6.75. The van der Waals surface area contributed by atoms with Gasteiger partial charge in [0.2, 0.25) is 0 Å². The molecule has 3 nitrogen and oxygen atoms in total. The first kappa shape index (κ1) is 14.7. The van der Waals surface area contributed by atoms with Crippen molar-refractivity contribution >= 4 is 11.4 Å². The van der Waals surface area contributed by atoms with Gasteiger partial charge in [0.15, 0.2) is 0 Å². The first-order valence-electron chi connectivity index (χ1n) is 8.49. The molecule has 1 aliphatic heterocycles. The maximum atomic E-state index is 9.29. The second-order valence-electron chi connectivity index (χ2n) is 6.75. The molecular formula is C18H28N2O. The highest BCUT2D eigenvalue weighted by Gasteiger charge is 2.25. The van der Waals surface area contributed by atoms with Gasteiger partial charge >= 0.3 is 0 Å². The van der Waals surface area contributed by atoms with Crippen molar-refractivity contribution < 1.29 is 5.11 Å². The van der Waals surface area contributed by atoms with E-state index in [-0.39, 0.29) is 0 Å². The van der Waals surface area contributed by atoms with Crippen LogP contribution in [-0.4, -0.2) is 30.8 Å². The Balaban J connectivity index is 1.67. The number of hydrogen-bond acceptors (Lipinski definition) is 3. The zero-order valence-corrected chi connectivity index (χ0v) is 13.1. The van der Waals surface area contributed by atoms with Crippen molar-refractivity contribution in [3.8, 4) is 0 Å². The SMILES string of the molecule is C[C@@H](Nc1ccccc1N1CCC(CO)CC1)C1CCC1. The lowest BCUT2D eigenvalue weighted by Crippen LogP contribution is -2.36. The molecule has 0 bridgehead atoms. The summed E-state index contributed by atoms with van der Waals surface area (Å²) in [7, 11) is 0. The molecule has 21 heavy (non-hydrogen) atoms. The highest BCUT2D eigenvalue weighted by atomic mass is 16.3. The van der Waals surface area contributed by atoms with Crippen LogP contribution in [0, 0.1) is 11.8 Å². The molecule has 3 rings (SSSR count). The van der Waals surface area contributed by atoms with Crippen LogP contribution in [0.3, 0.4) is 0 Å². The van der Waals surface area contributed by atoms with Gasteiger partial charge in [-0.25, -0.2) is 0 Å². The lowest BCUT2D eigenvalue weighted by Gasteiger charge is -2.36. The van der Waals surface area contributed by atoms with E-state index in [2.05, 4.69) is 41.4 Å². The van der Waals surface area contributed by atoms with Crippen LogP contribution in [-0.2, 0) is 0 Å². The summed E-state index contributed by atoms with van der Waals surface area (Å²) in [5.74, 6) is 1.34. The third-order valence-electron chi connectivity index (χ3n) is 5.36. The van der Waals surface area contributed by atoms with Crippen LogP contribution >= 0.6 is 0 Å². The number of benzene rings is 1. The third kappa shape index (κ3) is 3.34. The Morgan fingerprint density at radius 2 is 1.90 bits per heavy atom. The molecule has 1 aromatic carbocycles. The minimum atomic E-state index is 0.340. The van der Waals surface area contributed by atoms with Gasteiger partial charge in [-0.1, -0.05) is 18.6 Å². The number of nitrogens with one attached hydrogen (secondary N) is 1. The molecule has 2 aliphatic rings. The number of piperidine rings is 1. The van der Waals surface area contributed by atoms with Crippen LogP contribution in [0.4, 0.5) is 11.4 Å². The Bertz CT molecular complexity index is 450. The molecule has 1 aromatic rings. The molecule has 2 N–H and O–H groups in total. The summed E-state index contributed by atoms with van der Waals surface area (Å²) in [5, 5.41) is 13.0. The molecule has 1 atom stereocenters. The molecule has 1 saturated carbocycles. The first-order chi connectivity index (χ1) is 10.3.